The van der Waals surface area contributed by atoms with Crippen LogP contribution < -0.4 is 0 Å². The summed E-state index contributed by atoms with van der Waals surface area (Å²) in [6, 6.07) is 0. The van der Waals surface area contributed by atoms with Crippen molar-refractivity contribution >= 4 is 47.9 Å². The summed E-state index contributed by atoms with van der Waals surface area (Å²) in [7, 11) is 0. The van der Waals surface area contributed by atoms with Gasteiger partial charge in [-0.25, -0.2) is 0 Å². The van der Waals surface area contributed by atoms with Crippen LogP contribution in [0.15, 0.2) is 0 Å². The molecule has 32 valence electrons. The van der Waals surface area contributed by atoms with E-state index in [-0.39, 0.29) is 5.33 Å². The van der Waals surface area contributed by atoms with Crippen molar-refractivity contribution in [2.75, 3.05) is 5.62 Å². The van der Waals surface area contributed by atoms with Crippen molar-refractivity contribution in [3.8, 4) is 0 Å². The number of halogens is 3. The first-order valence-electron chi connectivity index (χ1n) is 0.922. The van der Waals surface area contributed by atoms with Crippen LogP contribution in [0, 0.1) is 0 Å². The van der Waals surface area contributed by atoms with Crippen molar-refractivity contribution in [1.82, 2.24) is 0 Å². The predicted molar refractivity (Wildman–Crippen MR) is 35.5 cm³/mol. The molecule has 5 heavy (non-hydrogen) atoms. The zero-order valence-electron chi connectivity index (χ0n) is 2.29. The van der Waals surface area contributed by atoms with Crippen LogP contribution in [0.25, 0.3) is 0 Å². The van der Waals surface area contributed by atoms with Gasteiger partial charge in [0.1, 0.15) is 0 Å². The van der Waals surface area contributed by atoms with Crippen molar-refractivity contribution < 1.29 is 0 Å². The lowest BCUT2D eigenvalue weighted by atomic mass is 11.9. The van der Waals surface area contributed by atoms with Crippen LogP contribution in [0.5, 0.6) is 0 Å². The number of alkyl halides is 1. The molecule has 4 heteroatoms. The molecule has 0 saturated carbocycles. The maximum Gasteiger partial charge on any atom is 0.0622 e. The lowest BCUT2D eigenvalue weighted by molar-refractivity contribution is 2.25. The second-order valence-electron chi connectivity index (χ2n) is 0.422. The summed E-state index contributed by atoms with van der Waals surface area (Å²) in [4.78, 5) is 0. The topological polar surface area (TPSA) is 0 Å². The molecule has 0 saturated heterocycles. The zero-order chi connectivity index (χ0) is 4.28. The van der Waals surface area contributed by atoms with Crippen LogP contribution >= 0.6 is 47.9 Å². The standard InChI is InChI=1S/CH2Br2ClP/c2-5(3)1-4/h1H2. The SMILES string of the molecule is ClCP(Br)Br. The van der Waals surface area contributed by atoms with E-state index in [2.05, 4.69) is 31.0 Å². The fraction of sp³-hybridized carbons (Fsp3) is 1.00. The zero-order valence-corrected chi connectivity index (χ0v) is 7.11. The van der Waals surface area contributed by atoms with Gasteiger partial charge in [-0.3, -0.25) is 0 Å². The van der Waals surface area contributed by atoms with Crippen molar-refractivity contribution in [2.45, 2.75) is 0 Å². The van der Waals surface area contributed by atoms with Crippen LogP contribution in [0.4, 0.5) is 0 Å². The second-order valence-corrected chi connectivity index (χ2v) is 9.98. The van der Waals surface area contributed by atoms with Gasteiger partial charge in [0.2, 0.25) is 0 Å². The molecule has 0 atom stereocenters. The summed E-state index contributed by atoms with van der Waals surface area (Å²) in [5, 5.41) is -0.208. The summed E-state index contributed by atoms with van der Waals surface area (Å²) < 4.78 is 0. The molecule has 0 aliphatic carbocycles. The van der Waals surface area contributed by atoms with Crippen LogP contribution in [0.2, 0.25) is 0 Å². The molecular formula is CH2Br2ClP. The smallest absolute Gasteiger partial charge is 0.0622 e. The molecule has 0 heterocycles. The third kappa shape index (κ3) is 5.68. The Balaban J connectivity index is 2.54. The molecule has 0 aromatic carbocycles. The highest BCUT2D eigenvalue weighted by atomic mass is 79.9. The minimum absolute atomic E-state index is 0.208. The maximum atomic E-state index is 5.27. The summed E-state index contributed by atoms with van der Waals surface area (Å²) in [5.74, 6) is 0. The molecule has 0 aromatic heterocycles. The third-order valence-corrected chi connectivity index (χ3v) is 4.23. The van der Waals surface area contributed by atoms with E-state index in [1.807, 2.05) is 0 Å². The maximum absolute atomic E-state index is 5.27. The molecule has 0 N–H and O–H groups in total. The largest absolute Gasteiger partial charge is 0.120 e. The van der Waals surface area contributed by atoms with E-state index in [1.54, 1.807) is 0 Å². The second kappa shape index (κ2) is 3.86. The van der Waals surface area contributed by atoms with Gasteiger partial charge in [0.15, 0.2) is 0 Å². The molecule has 0 aromatic rings. The minimum Gasteiger partial charge on any atom is -0.120 e. The first-order chi connectivity index (χ1) is 2.27. The number of hydrogen-bond acceptors (Lipinski definition) is 0. The molecule has 0 radical (unpaired) electrons. The van der Waals surface area contributed by atoms with Gasteiger partial charge >= 0.3 is 0 Å². The molecule has 0 unspecified atom stereocenters. The molecule has 0 bridgehead atoms. The highest BCUT2D eigenvalue weighted by molar-refractivity contribution is 9.69. The summed E-state index contributed by atoms with van der Waals surface area (Å²) >= 11 is 11.7. The molecular weight excluding hydrogens is 238 g/mol. The van der Waals surface area contributed by atoms with E-state index in [0.29, 0.717) is 5.62 Å². The Kier molecular flexibility index (Phi) is 5.15. The van der Waals surface area contributed by atoms with Crippen LogP contribution in [-0.4, -0.2) is 5.62 Å². The molecule has 0 nitrogen and oxygen atoms in total. The summed E-state index contributed by atoms with van der Waals surface area (Å²) in [5.41, 5.74) is 0.676. The van der Waals surface area contributed by atoms with Gasteiger partial charge in [0.25, 0.3) is 0 Å². The monoisotopic (exact) mass is 238 g/mol. The van der Waals surface area contributed by atoms with Gasteiger partial charge in [0.05, 0.1) is 5.62 Å². The van der Waals surface area contributed by atoms with E-state index in [1.165, 1.54) is 0 Å². The van der Waals surface area contributed by atoms with Crippen molar-refractivity contribution in [2.24, 2.45) is 0 Å². The quantitative estimate of drug-likeness (QED) is 0.487. The fourth-order valence-electron chi connectivity index (χ4n) is 0. The van der Waals surface area contributed by atoms with Crippen molar-refractivity contribution in [3.63, 3.8) is 0 Å². The van der Waals surface area contributed by atoms with Gasteiger partial charge < -0.3 is 0 Å². The molecule has 0 aliphatic heterocycles. The molecule has 0 spiro atoms. The van der Waals surface area contributed by atoms with Gasteiger partial charge in [-0.15, -0.1) is 11.6 Å². The Bertz CT molecular complexity index is 23.6. The van der Waals surface area contributed by atoms with E-state index in [0.717, 1.165) is 0 Å². The van der Waals surface area contributed by atoms with E-state index >= 15 is 0 Å². The van der Waals surface area contributed by atoms with Crippen molar-refractivity contribution in [3.05, 3.63) is 0 Å². The van der Waals surface area contributed by atoms with Gasteiger partial charge in [-0.1, -0.05) is 0 Å². The van der Waals surface area contributed by atoms with Gasteiger partial charge in [-0.05, 0) is 31.0 Å². The Hall–Kier alpha value is 1.68. The Labute approximate surface area is 53.5 Å². The van der Waals surface area contributed by atoms with Crippen molar-refractivity contribution in [1.29, 1.82) is 0 Å². The molecule has 0 fully saturated rings. The summed E-state index contributed by atoms with van der Waals surface area (Å²) in [6.45, 7) is 0. The van der Waals surface area contributed by atoms with E-state index in [9.17, 15) is 0 Å². The fourth-order valence-corrected chi connectivity index (χ4v) is 0. The number of rotatable bonds is 1. The van der Waals surface area contributed by atoms with Gasteiger partial charge in [0, 0.05) is 5.33 Å². The van der Waals surface area contributed by atoms with E-state index in [4.69, 9.17) is 11.6 Å². The Morgan fingerprint density at radius 1 is 1.60 bits per heavy atom. The first kappa shape index (κ1) is 6.68. The van der Waals surface area contributed by atoms with E-state index < -0.39 is 0 Å². The Morgan fingerprint density at radius 3 is 1.80 bits per heavy atom. The Morgan fingerprint density at radius 2 is 1.80 bits per heavy atom. The first-order valence-corrected chi connectivity index (χ1v) is 7.02. The molecule has 0 amide bonds. The van der Waals surface area contributed by atoms with Crippen LogP contribution in [-0.2, 0) is 0 Å². The molecule has 0 aliphatic rings. The predicted octanol–water partition coefficient (Wildman–Crippen LogP) is 3.28. The highest BCUT2D eigenvalue weighted by Gasteiger charge is 1.87. The normalized spacial score (nSPS) is 9.60. The third-order valence-electron chi connectivity index (χ3n) is 0.0904. The summed E-state index contributed by atoms with van der Waals surface area (Å²) in [6.07, 6.45) is 0. The lowest BCUT2D eigenvalue weighted by Gasteiger charge is -1.83. The van der Waals surface area contributed by atoms with Crippen LogP contribution in [0.3, 0.4) is 0 Å². The lowest BCUT2D eigenvalue weighted by Crippen LogP contribution is -1.41. The highest BCUT2D eigenvalue weighted by Crippen LogP contribution is 2.52. The molecule has 0 rings (SSSR count). The van der Waals surface area contributed by atoms with Gasteiger partial charge in [-0.2, -0.15) is 0 Å². The average molecular weight is 240 g/mol. The number of hydrogen-bond donors (Lipinski definition) is 0. The average Bonchev–Trinajstić information content (AvgIpc) is 1.38. The van der Waals surface area contributed by atoms with Crippen LogP contribution in [0.1, 0.15) is 0 Å². The minimum atomic E-state index is -0.208.